The first-order valence-electron chi connectivity index (χ1n) is 15.3. The van der Waals surface area contributed by atoms with Gasteiger partial charge in [-0.05, 0) is 93.0 Å². The molecule has 6 aromatic carbocycles. The highest BCUT2D eigenvalue weighted by Crippen LogP contribution is 2.52. The van der Waals surface area contributed by atoms with Gasteiger partial charge in [0.1, 0.15) is 24.7 Å². The van der Waals surface area contributed by atoms with Gasteiger partial charge in [0.25, 0.3) is 0 Å². The lowest BCUT2D eigenvalue weighted by molar-refractivity contribution is 0.103. The van der Waals surface area contributed by atoms with Crippen molar-refractivity contribution in [3.63, 3.8) is 0 Å². The van der Waals surface area contributed by atoms with Crippen molar-refractivity contribution >= 4 is 27.3 Å². The van der Waals surface area contributed by atoms with Gasteiger partial charge in [0.2, 0.25) is 0 Å². The summed E-state index contributed by atoms with van der Waals surface area (Å²) in [6.45, 7) is 4.48. The van der Waals surface area contributed by atoms with E-state index in [0.29, 0.717) is 11.1 Å². The quantitative estimate of drug-likeness (QED) is 0.193. The molecule has 0 spiro atoms. The monoisotopic (exact) mass is 594 g/mol. The van der Waals surface area contributed by atoms with Crippen molar-refractivity contribution in [2.75, 3.05) is 26.4 Å². The van der Waals surface area contributed by atoms with Gasteiger partial charge in [-0.3, -0.25) is 4.79 Å². The molecule has 0 unspecified atom stereocenters. The number of ether oxygens (including phenoxy) is 2. The summed E-state index contributed by atoms with van der Waals surface area (Å²) in [7, 11) is 0. The highest BCUT2D eigenvalue weighted by Gasteiger charge is 2.46. The molecule has 224 valence electrons. The zero-order chi connectivity index (χ0) is 31.1. The highest BCUT2D eigenvalue weighted by molar-refractivity contribution is 6.14. The standard InChI is InChI=1S/C40H34O5/c1-25-31-15-13-29(23-27(31)11-17-37(25)44-21-19-41)40(30-14-16-32-26(2)38(45-22-20-42)18-12-28(32)24-30)35-9-5-3-7-33(35)39(43)34-8-4-6-10-36(34)40/h3-18,23-24,41-42H,19-22H2,1-2H3. The second-order valence-electron chi connectivity index (χ2n) is 11.6. The molecule has 1 aliphatic carbocycles. The Balaban J connectivity index is 1.53. The molecular formula is C40H34O5. The van der Waals surface area contributed by atoms with Crippen LogP contribution in [0.25, 0.3) is 21.5 Å². The molecule has 0 amide bonds. The van der Waals surface area contributed by atoms with E-state index in [4.69, 9.17) is 9.47 Å². The Morgan fingerprint density at radius 1 is 0.578 bits per heavy atom. The number of rotatable bonds is 8. The number of hydrogen-bond donors (Lipinski definition) is 2. The molecule has 0 aromatic heterocycles. The van der Waals surface area contributed by atoms with E-state index in [0.717, 1.165) is 66.4 Å². The molecule has 45 heavy (non-hydrogen) atoms. The first-order valence-corrected chi connectivity index (χ1v) is 15.3. The number of aryl methyl sites for hydroxylation is 2. The van der Waals surface area contributed by atoms with Gasteiger partial charge in [-0.15, -0.1) is 0 Å². The molecule has 1 aliphatic rings. The van der Waals surface area contributed by atoms with E-state index in [1.54, 1.807) is 0 Å². The van der Waals surface area contributed by atoms with Crippen LogP contribution in [-0.2, 0) is 5.41 Å². The Labute approximate surface area is 262 Å². The molecule has 0 saturated heterocycles. The molecule has 0 atom stereocenters. The summed E-state index contributed by atoms with van der Waals surface area (Å²) in [6.07, 6.45) is 0. The van der Waals surface area contributed by atoms with Crippen LogP contribution in [0.4, 0.5) is 0 Å². The summed E-state index contributed by atoms with van der Waals surface area (Å²) in [6, 6.07) is 37.1. The molecule has 0 saturated carbocycles. The number of benzene rings is 6. The predicted molar refractivity (Wildman–Crippen MR) is 178 cm³/mol. The molecule has 0 heterocycles. The molecule has 0 bridgehead atoms. The van der Waals surface area contributed by atoms with Crippen LogP contribution in [0.2, 0.25) is 0 Å². The van der Waals surface area contributed by atoms with Gasteiger partial charge >= 0.3 is 0 Å². The maximum atomic E-state index is 14.0. The van der Waals surface area contributed by atoms with Gasteiger partial charge in [0.15, 0.2) is 5.78 Å². The zero-order valence-electron chi connectivity index (χ0n) is 25.3. The smallest absolute Gasteiger partial charge is 0.193 e. The Morgan fingerprint density at radius 3 is 1.47 bits per heavy atom. The van der Waals surface area contributed by atoms with Crippen LogP contribution in [0.1, 0.15) is 49.3 Å². The average Bonchev–Trinajstić information content (AvgIpc) is 3.08. The summed E-state index contributed by atoms with van der Waals surface area (Å²) in [5.74, 6) is 1.54. The summed E-state index contributed by atoms with van der Waals surface area (Å²) < 4.78 is 11.6. The van der Waals surface area contributed by atoms with Gasteiger partial charge in [0.05, 0.1) is 18.6 Å². The van der Waals surface area contributed by atoms with Gasteiger partial charge in [-0.2, -0.15) is 0 Å². The van der Waals surface area contributed by atoms with E-state index in [1.807, 2.05) is 62.4 Å². The summed E-state index contributed by atoms with van der Waals surface area (Å²) in [5.41, 5.74) is 6.67. The number of fused-ring (bicyclic) bond motifs is 4. The van der Waals surface area contributed by atoms with Gasteiger partial charge in [-0.1, -0.05) is 84.9 Å². The molecule has 6 aromatic rings. The Hall–Kier alpha value is -4.97. The Kier molecular flexibility index (Phi) is 7.36. The summed E-state index contributed by atoms with van der Waals surface area (Å²) in [4.78, 5) is 14.0. The molecule has 7 rings (SSSR count). The van der Waals surface area contributed by atoms with E-state index >= 15 is 0 Å². The lowest BCUT2D eigenvalue weighted by Crippen LogP contribution is -2.38. The third kappa shape index (κ3) is 4.50. The van der Waals surface area contributed by atoms with E-state index in [9.17, 15) is 15.0 Å². The fourth-order valence-electron chi connectivity index (χ4n) is 7.12. The lowest BCUT2D eigenvalue weighted by Gasteiger charge is -2.42. The van der Waals surface area contributed by atoms with E-state index in [-0.39, 0.29) is 32.2 Å². The van der Waals surface area contributed by atoms with E-state index < -0.39 is 5.41 Å². The van der Waals surface area contributed by atoms with Crippen LogP contribution < -0.4 is 9.47 Å². The van der Waals surface area contributed by atoms with Crippen molar-refractivity contribution in [1.82, 2.24) is 0 Å². The summed E-state index contributed by atoms with van der Waals surface area (Å²) in [5, 5.41) is 22.9. The fourth-order valence-corrected chi connectivity index (χ4v) is 7.12. The van der Waals surface area contributed by atoms with Crippen LogP contribution in [0, 0.1) is 13.8 Å². The minimum absolute atomic E-state index is 0.0291. The van der Waals surface area contributed by atoms with Crippen LogP contribution in [0.15, 0.2) is 109 Å². The largest absolute Gasteiger partial charge is 0.491 e. The van der Waals surface area contributed by atoms with Crippen LogP contribution in [-0.4, -0.2) is 42.4 Å². The van der Waals surface area contributed by atoms with Gasteiger partial charge in [0, 0.05) is 11.1 Å². The van der Waals surface area contributed by atoms with Crippen molar-refractivity contribution < 1.29 is 24.5 Å². The van der Waals surface area contributed by atoms with Crippen molar-refractivity contribution in [3.8, 4) is 11.5 Å². The minimum atomic E-state index is -0.774. The zero-order valence-corrected chi connectivity index (χ0v) is 25.3. The number of carbonyl (C=O) groups is 1. The van der Waals surface area contributed by atoms with Gasteiger partial charge in [-0.25, -0.2) is 0 Å². The lowest BCUT2D eigenvalue weighted by atomic mass is 9.59. The Bertz CT molecular complexity index is 1940. The van der Waals surface area contributed by atoms with Crippen LogP contribution in [0.5, 0.6) is 11.5 Å². The Morgan fingerprint density at radius 2 is 1.02 bits per heavy atom. The van der Waals surface area contributed by atoms with Gasteiger partial charge < -0.3 is 19.7 Å². The van der Waals surface area contributed by atoms with Crippen molar-refractivity contribution in [3.05, 3.63) is 154 Å². The van der Waals surface area contributed by atoms with Crippen LogP contribution in [0.3, 0.4) is 0 Å². The first kappa shape index (κ1) is 28.8. The minimum Gasteiger partial charge on any atom is -0.491 e. The number of hydrogen-bond acceptors (Lipinski definition) is 5. The maximum absolute atomic E-state index is 14.0. The molecule has 2 N–H and O–H groups in total. The molecule has 5 heteroatoms. The number of carbonyl (C=O) groups excluding carboxylic acids is 1. The average molecular weight is 595 g/mol. The summed E-state index contributed by atoms with van der Waals surface area (Å²) >= 11 is 0. The maximum Gasteiger partial charge on any atom is 0.193 e. The molecule has 5 nitrogen and oxygen atoms in total. The molecule has 0 aliphatic heterocycles. The van der Waals surface area contributed by atoms with Crippen molar-refractivity contribution in [2.24, 2.45) is 0 Å². The van der Waals surface area contributed by atoms with Crippen molar-refractivity contribution in [2.45, 2.75) is 19.3 Å². The topological polar surface area (TPSA) is 76.0 Å². The molecular weight excluding hydrogens is 560 g/mol. The molecule has 0 radical (unpaired) electrons. The number of ketones is 1. The second-order valence-corrected chi connectivity index (χ2v) is 11.6. The predicted octanol–water partition coefficient (Wildman–Crippen LogP) is 7.28. The van der Waals surface area contributed by atoms with Crippen molar-refractivity contribution in [1.29, 1.82) is 0 Å². The SMILES string of the molecule is Cc1c(OCCO)ccc2cc(C3(c4ccc5c(C)c(OCCO)ccc5c4)c4ccccc4C(=O)c4ccccc43)ccc12. The molecule has 0 fully saturated rings. The third-order valence-corrected chi connectivity index (χ3v) is 9.19. The fraction of sp³-hybridized carbons (Fsp3) is 0.175. The van der Waals surface area contributed by atoms with Crippen LogP contribution >= 0.6 is 0 Å². The second kappa shape index (κ2) is 11.5. The van der Waals surface area contributed by atoms with E-state index in [2.05, 4.69) is 60.7 Å². The highest BCUT2D eigenvalue weighted by atomic mass is 16.5. The number of aliphatic hydroxyl groups excluding tert-OH is 2. The van der Waals surface area contributed by atoms with E-state index in [1.165, 1.54) is 0 Å². The normalized spacial score (nSPS) is 13.5. The first-order chi connectivity index (χ1) is 22.0. The third-order valence-electron chi connectivity index (χ3n) is 9.19. The number of aliphatic hydroxyl groups is 2.